The molecule has 2 aromatic heterocycles. The van der Waals surface area contributed by atoms with E-state index < -0.39 is 0 Å². The predicted molar refractivity (Wildman–Crippen MR) is 83.1 cm³/mol. The number of aromatic nitrogens is 2. The molecule has 3 N–H and O–H groups in total. The van der Waals surface area contributed by atoms with Crippen LogP contribution in [0.5, 0.6) is 0 Å². The number of pyridine rings is 1. The van der Waals surface area contributed by atoms with Crippen LogP contribution in [-0.2, 0) is 12.8 Å². The molecule has 0 bridgehead atoms. The largest absolute Gasteiger partial charge is 0.383 e. The number of nitrogens with two attached hydrogens (primary N) is 1. The van der Waals surface area contributed by atoms with Crippen molar-refractivity contribution in [3.63, 3.8) is 0 Å². The number of nitrogen functional groups attached to an aromatic ring is 1. The van der Waals surface area contributed by atoms with Crippen molar-refractivity contribution in [2.24, 2.45) is 0 Å². The number of nitrogens with zero attached hydrogens (tertiary/aromatic N) is 2. The molecule has 20 heavy (non-hydrogen) atoms. The molecular formula is C13H13BrN4OS. The fraction of sp³-hybridized carbons (Fsp3) is 0.308. The quantitative estimate of drug-likeness (QED) is 0.870. The second-order valence-corrected chi connectivity index (χ2v) is 6.64. The van der Waals surface area contributed by atoms with Crippen molar-refractivity contribution < 1.29 is 4.79 Å². The van der Waals surface area contributed by atoms with Gasteiger partial charge < -0.3 is 5.73 Å². The van der Waals surface area contributed by atoms with Gasteiger partial charge in [0.1, 0.15) is 5.82 Å². The fourth-order valence-electron chi connectivity index (χ4n) is 2.20. The molecule has 0 atom stereocenters. The zero-order valence-electron chi connectivity index (χ0n) is 10.6. The van der Waals surface area contributed by atoms with E-state index in [-0.39, 0.29) is 11.7 Å². The number of amides is 1. The Morgan fingerprint density at radius 1 is 1.40 bits per heavy atom. The molecule has 104 valence electrons. The van der Waals surface area contributed by atoms with Crippen LogP contribution in [0.3, 0.4) is 0 Å². The minimum absolute atomic E-state index is 0.215. The molecule has 7 heteroatoms. The van der Waals surface area contributed by atoms with Gasteiger partial charge in [-0.3, -0.25) is 10.1 Å². The molecule has 3 rings (SSSR count). The molecule has 0 fully saturated rings. The highest BCUT2D eigenvalue weighted by molar-refractivity contribution is 9.10. The van der Waals surface area contributed by atoms with Gasteiger partial charge >= 0.3 is 0 Å². The lowest BCUT2D eigenvalue weighted by Crippen LogP contribution is -2.14. The van der Waals surface area contributed by atoms with Gasteiger partial charge in [0, 0.05) is 15.5 Å². The van der Waals surface area contributed by atoms with E-state index in [1.54, 1.807) is 23.6 Å². The summed E-state index contributed by atoms with van der Waals surface area (Å²) >= 11 is 4.84. The second kappa shape index (κ2) is 5.49. The normalized spacial score (nSPS) is 13.8. The average Bonchev–Trinajstić information content (AvgIpc) is 2.83. The van der Waals surface area contributed by atoms with Gasteiger partial charge in [-0.1, -0.05) is 0 Å². The van der Waals surface area contributed by atoms with Crippen LogP contribution in [-0.4, -0.2) is 15.9 Å². The number of nitrogens with one attached hydrogen (secondary N) is 1. The Kier molecular flexibility index (Phi) is 3.71. The highest BCUT2D eigenvalue weighted by Gasteiger charge is 2.18. The van der Waals surface area contributed by atoms with E-state index in [1.807, 2.05) is 0 Å². The molecule has 0 saturated carbocycles. The summed E-state index contributed by atoms with van der Waals surface area (Å²) < 4.78 is 0.718. The number of carbonyl (C=O) groups is 1. The van der Waals surface area contributed by atoms with Gasteiger partial charge in [-0.2, -0.15) is 0 Å². The molecule has 5 nitrogen and oxygen atoms in total. The summed E-state index contributed by atoms with van der Waals surface area (Å²) in [6.07, 6.45) is 6.00. The van der Waals surface area contributed by atoms with E-state index in [0.29, 0.717) is 10.7 Å². The number of carbonyl (C=O) groups excluding carboxylic acids is 1. The molecule has 0 aliphatic heterocycles. The molecule has 0 spiro atoms. The SMILES string of the molecule is Nc1ncc(Br)cc1C(=O)Nc1nc2c(s1)CCCC2. The lowest BCUT2D eigenvalue weighted by Gasteiger charge is -2.06. The van der Waals surface area contributed by atoms with Gasteiger partial charge in [-0.05, 0) is 47.7 Å². The summed E-state index contributed by atoms with van der Waals surface area (Å²) in [6.45, 7) is 0. The van der Waals surface area contributed by atoms with Crippen molar-refractivity contribution in [3.05, 3.63) is 32.9 Å². The van der Waals surface area contributed by atoms with E-state index in [9.17, 15) is 4.79 Å². The summed E-state index contributed by atoms with van der Waals surface area (Å²) in [5.74, 6) is -0.0607. The van der Waals surface area contributed by atoms with Gasteiger partial charge in [-0.15, -0.1) is 11.3 Å². The third-order valence-corrected chi connectivity index (χ3v) is 4.70. The third-order valence-electron chi connectivity index (χ3n) is 3.20. The molecule has 0 aromatic carbocycles. The van der Waals surface area contributed by atoms with E-state index in [2.05, 4.69) is 31.2 Å². The summed E-state index contributed by atoms with van der Waals surface area (Å²) in [6, 6.07) is 1.66. The van der Waals surface area contributed by atoms with Gasteiger partial charge in [0.25, 0.3) is 5.91 Å². The molecule has 0 unspecified atom stereocenters. The van der Waals surface area contributed by atoms with E-state index in [0.717, 1.165) is 23.0 Å². The Morgan fingerprint density at radius 2 is 2.20 bits per heavy atom. The smallest absolute Gasteiger partial charge is 0.261 e. The molecule has 0 saturated heterocycles. The molecule has 1 aliphatic carbocycles. The topological polar surface area (TPSA) is 80.9 Å². The lowest BCUT2D eigenvalue weighted by atomic mass is 10.0. The Labute approximate surface area is 128 Å². The lowest BCUT2D eigenvalue weighted by molar-refractivity contribution is 0.102. The van der Waals surface area contributed by atoms with Crippen LogP contribution in [0, 0.1) is 0 Å². The van der Waals surface area contributed by atoms with Crippen molar-refractivity contribution in [2.75, 3.05) is 11.1 Å². The summed E-state index contributed by atoms with van der Waals surface area (Å²) in [5, 5.41) is 3.45. The zero-order valence-corrected chi connectivity index (χ0v) is 13.1. The van der Waals surface area contributed by atoms with Crippen molar-refractivity contribution in [3.8, 4) is 0 Å². The first-order valence-corrected chi connectivity index (χ1v) is 7.95. The number of thiazole rings is 1. The molecule has 1 amide bonds. The van der Waals surface area contributed by atoms with Crippen LogP contribution in [0.15, 0.2) is 16.7 Å². The number of rotatable bonds is 2. The summed E-state index contributed by atoms with van der Waals surface area (Å²) in [5.41, 5.74) is 7.21. The highest BCUT2D eigenvalue weighted by Crippen LogP contribution is 2.30. The minimum Gasteiger partial charge on any atom is -0.383 e. The maximum absolute atomic E-state index is 12.2. The second-order valence-electron chi connectivity index (χ2n) is 4.64. The molecule has 0 radical (unpaired) electrons. The number of hydrogen-bond donors (Lipinski definition) is 2. The van der Waals surface area contributed by atoms with Gasteiger partial charge in [0.2, 0.25) is 0 Å². The van der Waals surface area contributed by atoms with E-state index >= 15 is 0 Å². The number of hydrogen-bond acceptors (Lipinski definition) is 5. The van der Waals surface area contributed by atoms with Gasteiger partial charge in [0.15, 0.2) is 5.13 Å². The predicted octanol–water partition coefficient (Wildman–Crippen LogP) is 3.01. The third kappa shape index (κ3) is 2.69. The summed E-state index contributed by atoms with van der Waals surface area (Å²) in [4.78, 5) is 21.9. The van der Waals surface area contributed by atoms with Crippen LogP contribution < -0.4 is 11.1 Å². The molecular weight excluding hydrogens is 340 g/mol. The Bertz CT molecular complexity index is 647. The number of aryl methyl sites for hydroxylation is 2. The average molecular weight is 353 g/mol. The number of halogens is 1. The maximum atomic E-state index is 12.2. The summed E-state index contributed by atoms with van der Waals surface area (Å²) in [7, 11) is 0. The highest BCUT2D eigenvalue weighted by atomic mass is 79.9. The van der Waals surface area contributed by atoms with Crippen LogP contribution in [0.4, 0.5) is 10.9 Å². The first-order valence-electron chi connectivity index (χ1n) is 6.34. The minimum atomic E-state index is -0.276. The Hall–Kier alpha value is -1.47. The van der Waals surface area contributed by atoms with Crippen molar-refractivity contribution in [1.29, 1.82) is 0 Å². The molecule has 1 aliphatic rings. The van der Waals surface area contributed by atoms with Crippen molar-refractivity contribution in [2.45, 2.75) is 25.7 Å². The first-order chi connectivity index (χ1) is 9.63. The number of anilines is 2. The van der Waals surface area contributed by atoms with Gasteiger partial charge in [0.05, 0.1) is 11.3 Å². The van der Waals surface area contributed by atoms with Crippen LogP contribution in [0.2, 0.25) is 0 Å². The van der Waals surface area contributed by atoms with Crippen LogP contribution >= 0.6 is 27.3 Å². The Morgan fingerprint density at radius 3 is 3.00 bits per heavy atom. The maximum Gasteiger partial charge on any atom is 0.261 e. The van der Waals surface area contributed by atoms with Crippen LogP contribution in [0.1, 0.15) is 33.8 Å². The van der Waals surface area contributed by atoms with E-state index in [4.69, 9.17) is 5.73 Å². The van der Waals surface area contributed by atoms with Crippen molar-refractivity contribution >= 4 is 44.1 Å². The van der Waals surface area contributed by atoms with Gasteiger partial charge in [-0.25, -0.2) is 9.97 Å². The number of fused-ring (bicyclic) bond motifs is 1. The molecule has 2 aromatic rings. The fourth-order valence-corrected chi connectivity index (χ4v) is 3.58. The zero-order chi connectivity index (χ0) is 14.1. The van der Waals surface area contributed by atoms with Crippen molar-refractivity contribution in [1.82, 2.24) is 9.97 Å². The first kappa shape index (κ1) is 13.5. The molecule has 2 heterocycles. The monoisotopic (exact) mass is 352 g/mol. The van der Waals surface area contributed by atoms with E-state index in [1.165, 1.54) is 17.7 Å². The van der Waals surface area contributed by atoms with Crippen LogP contribution in [0.25, 0.3) is 0 Å². The standard InChI is InChI=1S/C13H13BrN4OS/c14-7-5-8(11(15)16-6-7)12(19)18-13-17-9-3-1-2-4-10(9)20-13/h5-6H,1-4H2,(H2,15,16)(H,17,18,19). The Balaban J connectivity index is 1.82.